The summed E-state index contributed by atoms with van der Waals surface area (Å²) in [6.07, 6.45) is 3.62. The lowest BCUT2D eigenvalue weighted by molar-refractivity contribution is 0.411. The lowest BCUT2D eigenvalue weighted by Crippen LogP contribution is -2.34. The highest BCUT2D eigenvalue weighted by Crippen LogP contribution is 2.25. The van der Waals surface area contributed by atoms with Gasteiger partial charge in [-0.1, -0.05) is 50.6 Å². The van der Waals surface area contributed by atoms with E-state index in [4.69, 9.17) is 0 Å². The summed E-state index contributed by atoms with van der Waals surface area (Å²) in [6, 6.07) is 9.65. The fraction of sp³-hybridized carbons (Fsp3) is 0.625. The van der Waals surface area contributed by atoms with Gasteiger partial charge in [-0.05, 0) is 44.2 Å². The SMILES string of the molecule is CCCNC(CC)C(CC)c1ccc(C)cc1. The zero-order valence-electron chi connectivity index (χ0n) is 11.8. The van der Waals surface area contributed by atoms with Crippen LogP contribution in [0.1, 0.15) is 57.1 Å². The summed E-state index contributed by atoms with van der Waals surface area (Å²) >= 11 is 0. The van der Waals surface area contributed by atoms with Gasteiger partial charge in [-0.3, -0.25) is 0 Å². The van der Waals surface area contributed by atoms with Gasteiger partial charge in [0.25, 0.3) is 0 Å². The molecule has 0 aliphatic rings. The van der Waals surface area contributed by atoms with E-state index in [-0.39, 0.29) is 0 Å². The van der Waals surface area contributed by atoms with Crippen LogP contribution in [-0.4, -0.2) is 12.6 Å². The van der Waals surface area contributed by atoms with Crippen molar-refractivity contribution < 1.29 is 0 Å². The maximum atomic E-state index is 3.68. The van der Waals surface area contributed by atoms with Crippen molar-refractivity contribution in [2.75, 3.05) is 6.54 Å². The van der Waals surface area contributed by atoms with Gasteiger partial charge < -0.3 is 5.32 Å². The Morgan fingerprint density at radius 3 is 2.12 bits per heavy atom. The first-order valence-electron chi connectivity index (χ1n) is 7.02. The predicted molar refractivity (Wildman–Crippen MR) is 76.6 cm³/mol. The standard InChI is InChI=1S/C16H27N/c1-5-12-17-16(7-3)15(6-2)14-10-8-13(4)9-11-14/h8-11,15-17H,5-7,12H2,1-4H3. The second-order valence-electron chi connectivity index (χ2n) is 4.89. The summed E-state index contributed by atoms with van der Waals surface area (Å²) in [5.41, 5.74) is 2.83. The zero-order chi connectivity index (χ0) is 12.7. The van der Waals surface area contributed by atoms with Gasteiger partial charge in [0, 0.05) is 6.04 Å². The second kappa shape index (κ2) is 7.50. The van der Waals surface area contributed by atoms with Crippen molar-refractivity contribution in [2.45, 2.75) is 58.9 Å². The lowest BCUT2D eigenvalue weighted by Gasteiger charge is -2.27. The van der Waals surface area contributed by atoms with Gasteiger partial charge in [0.1, 0.15) is 0 Å². The molecule has 0 aliphatic carbocycles. The van der Waals surface area contributed by atoms with E-state index < -0.39 is 0 Å². The number of benzene rings is 1. The molecule has 1 nitrogen and oxygen atoms in total. The average molecular weight is 233 g/mol. The van der Waals surface area contributed by atoms with Crippen molar-refractivity contribution in [3.8, 4) is 0 Å². The summed E-state index contributed by atoms with van der Waals surface area (Å²) in [6.45, 7) is 10.1. The highest BCUT2D eigenvalue weighted by Gasteiger charge is 2.19. The topological polar surface area (TPSA) is 12.0 Å². The molecule has 0 saturated heterocycles. The molecule has 0 spiro atoms. The zero-order valence-corrected chi connectivity index (χ0v) is 11.8. The van der Waals surface area contributed by atoms with E-state index in [1.807, 2.05) is 0 Å². The minimum atomic E-state index is 0.614. The molecule has 1 N–H and O–H groups in total. The van der Waals surface area contributed by atoms with Gasteiger partial charge in [-0.25, -0.2) is 0 Å². The first-order chi connectivity index (χ1) is 8.22. The summed E-state index contributed by atoms with van der Waals surface area (Å²) in [7, 11) is 0. The molecule has 2 atom stereocenters. The Morgan fingerprint density at radius 1 is 1.00 bits per heavy atom. The average Bonchev–Trinajstić information content (AvgIpc) is 2.36. The van der Waals surface area contributed by atoms with Gasteiger partial charge in [-0.2, -0.15) is 0 Å². The number of rotatable bonds is 7. The fourth-order valence-electron chi connectivity index (χ4n) is 2.47. The fourth-order valence-corrected chi connectivity index (χ4v) is 2.47. The molecule has 0 radical (unpaired) electrons. The van der Waals surface area contributed by atoms with Gasteiger partial charge in [0.15, 0.2) is 0 Å². The Morgan fingerprint density at radius 2 is 1.65 bits per heavy atom. The van der Waals surface area contributed by atoms with Crippen LogP contribution in [0, 0.1) is 6.92 Å². The van der Waals surface area contributed by atoms with Crippen molar-refractivity contribution in [3.05, 3.63) is 35.4 Å². The number of nitrogens with one attached hydrogen (secondary N) is 1. The third kappa shape index (κ3) is 4.16. The first kappa shape index (κ1) is 14.2. The molecule has 0 fully saturated rings. The van der Waals surface area contributed by atoms with Gasteiger partial charge in [-0.15, -0.1) is 0 Å². The Kier molecular flexibility index (Phi) is 6.28. The summed E-state index contributed by atoms with van der Waals surface area (Å²) in [5, 5.41) is 3.68. The van der Waals surface area contributed by atoms with Crippen LogP contribution in [0.15, 0.2) is 24.3 Å². The van der Waals surface area contributed by atoms with E-state index in [9.17, 15) is 0 Å². The number of aryl methyl sites for hydroxylation is 1. The minimum absolute atomic E-state index is 0.614. The van der Waals surface area contributed by atoms with Crippen LogP contribution in [0.4, 0.5) is 0 Å². The van der Waals surface area contributed by atoms with Crippen molar-refractivity contribution in [1.29, 1.82) is 0 Å². The van der Waals surface area contributed by atoms with E-state index in [1.54, 1.807) is 0 Å². The molecule has 0 aliphatic heterocycles. The molecule has 0 heterocycles. The summed E-state index contributed by atoms with van der Waals surface area (Å²) < 4.78 is 0. The van der Waals surface area contributed by atoms with Crippen LogP contribution in [0.3, 0.4) is 0 Å². The summed E-state index contributed by atoms with van der Waals surface area (Å²) in [5.74, 6) is 0.646. The third-order valence-electron chi connectivity index (χ3n) is 3.53. The van der Waals surface area contributed by atoms with Crippen LogP contribution >= 0.6 is 0 Å². The van der Waals surface area contributed by atoms with Crippen molar-refractivity contribution in [3.63, 3.8) is 0 Å². The molecule has 0 saturated carbocycles. The van der Waals surface area contributed by atoms with Gasteiger partial charge >= 0.3 is 0 Å². The Hall–Kier alpha value is -0.820. The molecule has 0 aromatic heterocycles. The molecule has 96 valence electrons. The van der Waals surface area contributed by atoms with E-state index in [0.717, 1.165) is 6.54 Å². The predicted octanol–water partition coefficient (Wildman–Crippen LogP) is 4.27. The Bertz CT molecular complexity index is 302. The molecule has 1 heteroatoms. The molecule has 2 unspecified atom stereocenters. The van der Waals surface area contributed by atoms with E-state index in [0.29, 0.717) is 12.0 Å². The lowest BCUT2D eigenvalue weighted by atomic mass is 9.87. The van der Waals surface area contributed by atoms with Crippen LogP contribution in [0.2, 0.25) is 0 Å². The van der Waals surface area contributed by atoms with E-state index in [2.05, 4.69) is 57.3 Å². The molecular weight excluding hydrogens is 206 g/mol. The maximum absolute atomic E-state index is 3.68. The Balaban J connectivity index is 2.77. The molecular formula is C16H27N. The van der Waals surface area contributed by atoms with Gasteiger partial charge in [0.2, 0.25) is 0 Å². The second-order valence-corrected chi connectivity index (χ2v) is 4.89. The molecule has 0 bridgehead atoms. The van der Waals surface area contributed by atoms with Crippen molar-refractivity contribution in [1.82, 2.24) is 5.32 Å². The van der Waals surface area contributed by atoms with Crippen molar-refractivity contribution in [2.24, 2.45) is 0 Å². The smallest absolute Gasteiger partial charge is 0.0133 e. The van der Waals surface area contributed by atoms with Crippen molar-refractivity contribution >= 4 is 0 Å². The highest BCUT2D eigenvalue weighted by atomic mass is 14.9. The van der Waals surface area contributed by atoms with Crippen LogP contribution in [0.25, 0.3) is 0 Å². The summed E-state index contributed by atoms with van der Waals surface area (Å²) in [4.78, 5) is 0. The van der Waals surface area contributed by atoms with Gasteiger partial charge in [0.05, 0.1) is 0 Å². The van der Waals surface area contributed by atoms with E-state index >= 15 is 0 Å². The molecule has 1 aromatic rings. The minimum Gasteiger partial charge on any atom is -0.313 e. The number of hydrogen-bond acceptors (Lipinski definition) is 1. The quantitative estimate of drug-likeness (QED) is 0.741. The van der Waals surface area contributed by atoms with E-state index in [1.165, 1.54) is 30.4 Å². The number of hydrogen-bond donors (Lipinski definition) is 1. The first-order valence-corrected chi connectivity index (χ1v) is 7.02. The highest BCUT2D eigenvalue weighted by molar-refractivity contribution is 5.25. The molecule has 1 aromatic carbocycles. The Labute approximate surface area is 107 Å². The van der Waals surface area contributed by atoms with Crippen LogP contribution < -0.4 is 5.32 Å². The monoisotopic (exact) mass is 233 g/mol. The molecule has 1 rings (SSSR count). The normalized spacial score (nSPS) is 14.6. The third-order valence-corrected chi connectivity index (χ3v) is 3.53. The van der Waals surface area contributed by atoms with Crippen LogP contribution in [-0.2, 0) is 0 Å². The molecule has 0 amide bonds. The maximum Gasteiger partial charge on any atom is 0.0133 e. The van der Waals surface area contributed by atoms with Crippen LogP contribution in [0.5, 0.6) is 0 Å². The largest absolute Gasteiger partial charge is 0.313 e. The molecule has 17 heavy (non-hydrogen) atoms.